The molecule has 0 bridgehead atoms. The van der Waals surface area contributed by atoms with Gasteiger partial charge in [-0.1, -0.05) is 72.6 Å². The second-order valence-corrected chi connectivity index (χ2v) is 14.9. The molecule has 0 spiro atoms. The number of para-hydroxylation sites is 1. The van der Waals surface area contributed by atoms with E-state index < -0.39 is 8.07 Å². The van der Waals surface area contributed by atoms with E-state index in [0.717, 1.165) is 44.5 Å². The minimum atomic E-state index is -1.27. The standard InChI is InChI=1S/C17H10NO.C15H18NSi.Ir/c1-2-10-16-12(6-1)13-7-5-8-14(17(13)19-16)15-9-3-4-11-18-15;1-12-10-14(13-8-6-5-7-9-13)16-11-15(12)17(2,3)4;/h1-7,9-11H;5-8,10-11H,1-4H3;/q2*-1;. The van der Waals surface area contributed by atoms with Crippen LogP contribution in [0.15, 0.2) is 102 Å². The van der Waals surface area contributed by atoms with Gasteiger partial charge < -0.3 is 14.4 Å². The quantitative estimate of drug-likeness (QED) is 0.142. The zero-order valence-electron chi connectivity index (χ0n) is 21.4. The molecule has 0 atom stereocenters. The number of nitrogens with zero attached hydrogens (tertiary/aromatic N) is 2. The van der Waals surface area contributed by atoms with Crippen LogP contribution in [-0.2, 0) is 20.1 Å². The van der Waals surface area contributed by atoms with E-state index in [-0.39, 0.29) is 20.1 Å². The SMILES string of the molecule is Cc1cc(-c2[c-]cccc2)ncc1[Si](C)(C)C.[Ir].[c-]1ccc2c(oc3ccccc32)c1-c1ccccn1. The summed E-state index contributed by atoms with van der Waals surface area (Å²) in [6.07, 6.45) is 3.84. The van der Waals surface area contributed by atoms with Gasteiger partial charge in [-0.05, 0) is 35.6 Å². The molecule has 0 aliphatic heterocycles. The maximum absolute atomic E-state index is 5.97. The predicted molar refractivity (Wildman–Crippen MR) is 152 cm³/mol. The van der Waals surface area contributed by atoms with E-state index in [4.69, 9.17) is 4.42 Å². The summed E-state index contributed by atoms with van der Waals surface area (Å²) >= 11 is 0. The van der Waals surface area contributed by atoms with Crippen molar-refractivity contribution in [1.29, 1.82) is 0 Å². The predicted octanol–water partition coefficient (Wildman–Crippen LogP) is 7.85. The van der Waals surface area contributed by atoms with Crippen molar-refractivity contribution in [2.75, 3.05) is 0 Å². The summed E-state index contributed by atoms with van der Waals surface area (Å²) < 4.78 is 5.97. The molecule has 37 heavy (non-hydrogen) atoms. The minimum Gasteiger partial charge on any atom is -0.501 e. The van der Waals surface area contributed by atoms with Crippen LogP contribution in [0.3, 0.4) is 0 Å². The van der Waals surface area contributed by atoms with Gasteiger partial charge in [-0.2, -0.15) is 0 Å². The third-order valence-corrected chi connectivity index (χ3v) is 8.30. The molecule has 0 amide bonds. The summed E-state index contributed by atoms with van der Waals surface area (Å²) in [7, 11) is -1.27. The second kappa shape index (κ2) is 11.3. The number of fused-ring (bicyclic) bond motifs is 3. The second-order valence-electron chi connectivity index (χ2n) is 9.82. The number of pyridine rings is 2. The van der Waals surface area contributed by atoms with E-state index in [9.17, 15) is 0 Å². The Morgan fingerprint density at radius 1 is 0.757 bits per heavy atom. The number of rotatable bonds is 3. The number of aromatic nitrogens is 2. The molecule has 0 fully saturated rings. The molecule has 0 unspecified atom stereocenters. The number of furan rings is 1. The molecule has 6 aromatic rings. The largest absolute Gasteiger partial charge is 0.501 e. The Labute approximate surface area is 233 Å². The fourth-order valence-corrected chi connectivity index (χ4v) is 6.14. The van der Waals surface area contributed by atoms with E-state index in [1.54, 1.807) is 6.20 Å². The molecule has 6 rings (SSSR count). The topological polar surface area (TPSA) is 38.9 Å². The molecule has 0 saturated carbocycles. The molecule has 3 aromatic carbocycles. The van der Waals surface area contributed by atoms with Crippen molar-refractivity contribution in [3.63, 3.8) is 0 Å². The van der Waals surface area contributed by atoms with Crippen molar-refractivity contribution >= 4 is 35.2 Å². The number of aryl methyl sites for hydroxylation is 1. The van der Waals surface area contributed by atoms with Gasteiger partial charge in [-0.3, -0.25) is 0 Å². The van der Waals surface area contributed by atoms with Crippen molar-refractivity contribution in [3.05, 3.63) is 115 Å². The van der Waals surface area contributed by atoms with Gasteiger partial charge in [0.25, 0.3) is 0 Å². The van der Waals surface area contributed by atoms with Crippen molar-refractivity contribution in [3.8, 4) is 22.5 Å². The van der Waals surface area contributed by atoms with Crippen LogP contribution in [0.1, 0.15) is 5.56 Å². The maximum atomic E-state index is 5.97. The van der Waals surface area contributed by atoms with Crippen molar-refractivity contribution in [2.24, 2.45) is 0 Å². The number of benzene rings is 3. The molecule has 1 radical (unpaired) electrons. The van der Waals surface area contributed by atoms with Gasteiger partial charge in [0.1, 0.15) is 5.58 Å². The summed E-state index contributed by atoms with van der Waals surface area (Å²) in [6, 6.07) is 34.5. The summed E-state index contributed by atoms with van der Waals surface area (Å²) in [5.41, 5.74) is 6.98. The van der Waals surface area contributed by atoms with Gasteiger partial charge in [-0.15, -0.1) is 54.1 Å². The third kappa shape index (κ3) is 5.80. The molecule has 187 valence electrons. The van der Waals surface area contributed by atoms with Crippen LogP contribution in [0.5, 0.6) is 0 Å². The van der Waals surface area contributed by atoms with Gasteiger partial charge in [0.05, 0.1) is 13.7 Å². The van der Waals surface area contributed by atoms with Crippen LogP contribution in [0.4, 0.5) is 0 Å². The third-order valence-electron chi connectivity index (χ3n) is 6.16. The van der Waals surface area contributed by atoms with Gasteiger partial charge in [0.15, 0.2) is 0 Å². The smallest absolute Gasteiger partial charge is 0.120 e. The van der Waals surface area contributed by atoms with Gasteiger partial charge in [-0.25, -0.2) is 0 Å². The Balaban J connectivity index is 0.000000170. The first-order valence-electron chi connectivity index (χ1n) is 12.1. The summed E-state index contributed by atoms with van der Waals surface area (Å²) in [6.45, 7) is 9.24. The van der Waals surface area contributed by atoms with E-state index in [0.29, 0.717) is 0 Å². The van der Waals surface area contributed by atoms with Gasteiger partial charge in [0, 0.05) is 37.9 Å². The van der Waals surface area contributed by atoms with E-state index in [1.807, 2.05) is 66.7 Å². The number of hydrogen-bond donors (Lipinski definition) is 0. The van der Waals surface area contributed by atoms with Crippen molar-refractivity contribution < 1.29 is 24.5 Å². The Kier molecular flexibility index (Phi) is 8.18. The Hall–Kier alpha value is -3.37. The normalized spacial score (nSPS) is 11.0. The van der Waals surface area contributed by atoms with Crippen LogP contribution < -0.4 is 5.19 Å². The summed E-state index contributed by atoms with van der Waals surface area (Å²) in [4.78, 5) is 8.96. The van der Waals surface area contributed by atoms with E-state index in [2.05, 4.69) is 73.1 Å². The van der Waals surface area contributed by atoms with Crippen LogP contribution in [0, 0.1) is 19.1 Å². The van der Waals surface area contributed by atoms with Crippen molar-refractivity contribution in [2.45, 2.75) is 26.6 Å². The molecule has 0 aliphatic carbocycles. The average molecular weight is 677 g/mol. The molecule has 3 heterocycles. The molecule has 3 aromatic heterocycles. The molecule has 0 saturated heterocycles. The first-order valence-corrected chi connectivity index (χ1v) is 15.6. The fourth-order valence-electron chi connectivity index (χ4n) is 4.43. The molecule has 5 heteroatoms. The molecular formula is C32H28IrN2OSi-2. The minimum absolute atomic E-state index is 0. The maximum Gasteiger partial charge on any atom is 0.120 e. The Morgan fingerprint density at radius 2 is 1.54 bits per heavy atom. The van der Waals surface area contributed by atoms with Crippen LogP contribution in [0.2, 0.25) is 19.6 Å². The van der Waals surface area contributed by atoms with Gasteiger partial charge in [0.2, 0.25) is 0 Å². The molecule has 0 aliphatic rings. The van der Waals surface area contributed by atoms with E-state index in [1.165, 1.54) is 10.8 Å². The van der Waals surface area contributed by atoms with Crippen LogP contribution in [-0.4, -0.2) is 18.0 Å². The fraction of sp³-hybridized carbons (Fsp3) is 0.125. The Morgan fingerprint density at radius 3 is 2.24 bits per heavy atom. The van der Waals surface area contributed by atoms with E-state index >= 15 is 0 Å². The first kappa shape index (κ1) is 26.7. The van der Waals surface area contributed by atoms with Crippen LogP contribution >= 0.6 is 0 Å². The average Bonchev–Trinajstić information content (AvgIpc) is 3.28. The van der Waals surface area contributed by atoms with Crippen LogP contribution in [0.25, 0.3) is 44.5 Å². The zero-order chi connectivity index (χ0) is 25.1. The summed E-state index contributed by atoms with van der Waals surface area (Å²) in [5.74, 6) is 0. The summed E-state index contributed by atoms with van der Waals surface area (Å²) in [5, 5.41) is 3.68. The van der Waals surface area contributed by atoms with Crippen molar-refractivity contribution in [1.82, 2.24) is 9.97 Å². The molecule has 3 nitrogen and oxygen atoms in total. The molecular weight excluding hydrogens is 649 g/mol. The van der Waals surface area contributed by atoms with Gasteiger partial charge >= 0.3 is 0 Å². The Bertz CT molecular complexity index is 1620. The zero-order valence-corrected chi connectivity index (χ0v) is 24.8. The molecule has 0 N–H and O–H groups in total. The number of hydrogen-bond acceptors (Lipinski definition) is 3. The monoisotopic (exact) mass is 677 g/mol. The first-order chi connectivity index (χ1) is 17.4.